The van der Waals surface area contributed by atoms with Crippen molar-refractivity contribution in [2.45, 2.75) is 19.9 Å². The molecule has 0 amide bonds. The summed E-state index contributed by atoms with van der Waals surface area (Å²) >= 11 is 3.47. The van der Waals surface area contributed by atoms with Crippen LogP contribution in [0.4, 0.5) is 0 Å². The molecular weight excluding hydrogens is 346 g/mol. The molecule has 1 N–H and O–H groups in total. The lowest BCUT2D eigenvalue weighted by Gasteiger charge is -2.01. The SMILES string of the molecule is Cc1noc(CCNCc2ccc(-c3cccc(Br)c3)o2)n1. The predicted octanol–water partition coefficient (Wildman–Crippen LogP) is 3.73. The van der Waals surface area contributed by atoms with Crippen molar-refractivity contribution < 1.29 is 8.94 Å². The van der Waals surface area contributed by atoms with Gasteiger partial charge in [0.25, 0.3) is 0 Å². The van der Waals surface area contributed by atoms with Crippen LogP contribution in [0.25, 0.3) is 11.3 Å². The standard InChI is InChI=1S/C16H16BrN3O2/c1-11-19-16(22-20-11)7-8-18-10-14-5-6-15(21-14)12-3-2-4-13(17)9-12/h2-6,9,18H,7-8,10H2,1H3. The first-order chi connectivity index (χ1) is 10.7. The van der Waals surface area contributed by atoms with Gasteiger partial charge in [0.2, 0.25) is 5.89 Å². The molecule has 5 nitrogen and oxygen atoms in total. The van der Waals surface area contributed by atoms with Gasteiger partial charge in [-0.1, -0.05) is 33.2 Å². The molecule has 0 saturated heterocycles. The molecule has 3 rings (SSSR count). The highest BCUT2D eigenvalue weighted by molar-refractivity contribution is 9.10. The molecule has 114 valence electrons. The van der Waals surface area contributed by atoms with Crippen molar-refractivity contribution in [3.63, 3.8) is 0 Å². The second kappa shape index (κ2) is 6.89. The number of hydrogen-bond acceptors (Lipinski definition) is 5. The zero-order valence-corrected chi connectivity index (χ0v) is 13.8. The molecule has 0 spiro atoms. The minimum absolute atomic E-state index is 0.652. The first-order valence-electron chi connectivity index (χ1n) is 7.05. The van der Waals surface area contributed by atoms with E-state index in [-0.39, 0.29) is 0 Å². The fraction of sp³-hybridized carbons (Fsp3) is 0.250. The Morgan fingerprint density at radius 3 is 2.91 bits per heavy atom. The van der Waals surface area contributed by atoms with Crippen LogP contribution in [0.15, 0.2) is 49.8 Å². The molecule has 0 saturated carbocycles. The molecule has 3 aromatic rings. The Labute approximate surface area is 136 Å². The van der Waals surface area contributed by atoms with Crippen LogP contribution < -0.4 is 5.32 Å². The Bertz CT molecular complexity index is 751. The van der Waals surface area contributed by atoms with Crippen LogP contribution >= 0.6 is 15.9 Å². The summed E-state index contributed by atoms with van der Waals surface area (Å²) in [5.41, 5.74) is 1.06. The molecule has 0 radical (unpaired) electrons. The second-order valence-electron chi connectivity index (χ2n) is 4.94. The fourth-order valence-corrected chi connectivity index (χ4v) is 2.52. The first-order valence-corrected chi connectivity index (χ1v) is 7.84. The molecule has 1 aromatic carbocycles. The summed E-state index contributed by atoms with van der Waals surface area (Å²) in [5, 5.41) is 7.07. The molecule has 0 atom stereocenters. The van der Waals surface area contributed by atoms with E-state index >= 15 is 0 Å². The molecule has 0 aliphatic carbocycles. The Balaban J connectivity index is 1.51. The van der Waals surface area contributed by atoms with Gasteiger partial charge in [-0.25, -0.2) is 0 Å². The van der Waals surface area contributed by atoms with Gasteiger partial charge in [0.1, 0.15) is 11.5 Å². The van der Waals surface area contributed by atoms with Gasteiger partial charge in [-0.3, -0.25) is 0 Å². The average molecular weight is 362 g/mol. The summed E-state index contributed by atoms with van der Waals surface area (Å²) in [6.07, 6.45) is 0.708. The lowest BCUT2D eigenvalue weighted by Crippen LogP contribution is -2.16. The Kier molecular flexibility index (Phi) is 4.70. The number of rotatable bonds is 6. The zero-order chi connectivity index (χ0) is 15.4. The molecule has 0 aliphatic heterocycles. The minimum atomic E-state index is 0.652. The van der Waals surface area contributed by atoms with Crippen molar-refractivity contribution in [3.8, 4) is 11.3 Å². The lowest BCUT2D eigenvalue weighted by molar-refractivity contribution is 0.371. The van der Waals surface area contributed by atoms with E-state index in [0.29, 0.717) is 24.7 Å². The normalized spacial score (nSPS) is 11.0. The highest BCUT2D eigenvalue weighted by Gasteiger charge is 2.06. The summed E-state index contributed by atoms with van der Waals surface area (Å²) < 4.78 is 11.9. The van der Waals surface area contributed by atoms with Crippen LogP contribution in [0.3, 0.4) is 0 Å². The van der Waals surface area contributed by atoms with Gasteiger partial charge >= 0.3 is 0 Å². The van der Waals surface area contributed by atoms with Crippen LogP contribution in [0.2, 0.25) is 0 Å². The maximum absolute atomic E-state index is 5.85. The molecular formula is C16H16BrN3O2. The summed E-state index contributed by atoms with van der Waals surface area (Å²) in [4.78, 5) is 4.16. The maximum atomic E-state index is 5.85. The largest absolute Gasteiger partial charge is 0.460 e. The van der Waals surface area contributed by atoms with Gasteiger partial charge in [-0.15, -0.1) is 0 Å². The van der Waals surface area contributed by atoms with Crippen molar-refractivity contribution in [3.05, 3.63) is 58.3 Å². The lowest BCUT2D eigenvalue weighted by atomic mass is 10.2. The number of nitrogens with one attached hydrogen (secondary N) is 1. The monoisotopic (exact) mass is 361 g/mol. The number of hydrogen-bond donors (Lipinski definition) is 1. The quantitative estimate of drug-likeness (QED) is 0.677. The van der Waals surface area contributed by atoms with E-state index in [1.165, 1.54) is 0 Å². The van der Waals surface area contributed by atoms with Gasteiger partial charge in [-0.05, 0) is 31.2 Å². The van der Waals surface area contributed by atoms with Crippen molar-refractivity contribution in [1.29, 1.82) is 0 Å². The van der Waals surface area contributed by atoms with Crippen LogP contribution in [0.5, 0.6) is 0 Å². The summed E-state index contributed by atoms with van der Waals surface area (Å²) in [5.74, 6) is 3.08. The third-order valence-electron chi connectivity index (χ3n) is 3.16. The summed E-state index contributed by atoms with van der Waals surface area (Å²) in [6.45, 7) is 3.24. The van der Waals surface area contributed by atoms with Crippen molar-refractivity contribution in [2.24, 2.45) is 0 Å². The van der Waals surface area contributed by atoms with Crippen molar-refractivity contribution >= 4 is 15.9 Å². The number of benzene rings is 1. The number of nitrogens with zero attached hydrogens (tertiary/aromatic N) is 2. The van der Waals surface area contributed by atoms with E-state index in [2.05, 4.69) is 31.4 Å². The summed E-state index contributed by atoms with van der Waals surface area (Å²) in [7, 11) is 0. The molecule has 2 heterocycles. The van der Waals surface area contributed by atoms with Crippen molar-refractivity contribution in [2.75, 3.05) is 6.54 Å². The number of halogens is 1. The van der Waals surface area contributed by atoms with E-state index in [1.807, 2.05) is 43.3 Å². The Hall–Kier alpha value is -1.92. The van der Waals surface area contributed by atoms with E-state index in [9.17, 15) is 0 Å². The topological polar surface area (TPSA) is 64.1 Å². The highest BCUT2D eigenvalue weighted by Crippen LogP contribution is 2.24. The maximum Gasteiger partial charge on any atom is 0.227 e. The second-order valence-corrected chi connectivity index (χ2v) is 5.85. The Morgan fingerprint density at radius 2 is 2.14 bits per heavy atom. The van der Waals surface area contributed by atoms with Gasteiger partial charge in [0.15, 0.2) is 5.82 Å². The van der Waals surface area contributed by atoms with Gasteiger partial charge in [0.05, 0.1) is 6.54 Å². The van der Waals surface area contributed by atoms with Crippen LogP contribution in [0.1, 0.15) is 17.5 Å². The van der Waals surface area contributed by atoms with E-state index in [1.54, 1.807) is 0 Å². The molecule has 0 fully saturated rings. The van der Waals surface area contributed by atoms with E-state index in [0.717, 1.165) is 28.1 Å². The van der Waals surface area contributed by atoms with Gasteiger partial charge in [0, 0.05) is 23.0 Å². The Morgan fingerprint density at radius 1 is 1.23 bits per heavy atom. The first kappa shape index (κ1) is 15.0. The third kappa shape index (κ3) is 3.84. The molecule has 22 heavy (non-hydrogen) atoms. The molecule has 0 aliphatic rings. The molecule has 0 bridgehead atoms. The number of aryl methyl sites for hydroxylation is 1. The van der Waals surface area contributed by atoms with Gasteiger partial charge < -0.3 is 14.3 Å². The van der Waals surface area contributed by atoms with Crippen LogP contribution in [-0.4, -0.2) is 16.7 Å². The molecule has 2 aromatic heterocycles. The van der Waals surface area contributed by atoms with Crippen LogP contribution in [0, 0.1) is 6.92 Å². The summed E-state index contributed by atoms with van der Waals surface area (Å²) in [6, 6.07) is 12.0. The van der Waals surface area contributed by atoms with Crippen molar-refractivity contribution in [1.82, 2.24) is 15.5 Å². The number of aromatic nitrogens is 2. The predicted molar refractivity (Wildman–Crippen MR) is 86.3 cm³/mol. The number of furan rings is 1. The minimum Gasteiger partial charge on any atom is -0.460 e. The van der Waals surface area contributed by atoms with E-state index < -0.39 is 0 Å². The smallest absolute Gasteiger partial charge is 0.227 e. The third-order valence-corrected chi connectivity index (χ3v) is 3.65. The van der Waals surface area contributed by atoms with Crippen LogP contribution in [-0.2, 0) is 13.0 Å². The van der Waals surface area contributed by atoms with E-state index in [4.69, 9.17) is 8.94 Å². The zero-order valence-electron chi connectivity index (χ0n) is 12.2. The molecule has 6 heteroatoms. The van der Waals surface area contributed by atoms with Gasteiger partial charge in [-0.2, -0.15) is 4.98 Å². The average Bonchev–Trinajstić information content (AvgIpc) is 3.13. The fourth-order valence-electron chi connectivity index (χ4n) is 2.12. The molecule has 0 unspecified atom stereocenters. The highest BCUT2D eigenvalue weighted by atomic mass is 79.9.